The number of hydrogen-bond acceptors (Lipinski definition) is 7. The summed E-state index contributed by atoms with van der Waals surface area (Å²) in [7, 11) is -1.35. The molecule has 0 aromatic heterocycles. The number of hydrogen-bond donors (Lipinski definition) is 1. The largest absolute Gasteiger partial charge is 0.454 e. The molecular weight excluding hydrogens is 422 g/mol. The highest BCUT2D eigenvalue weighted by Crippen LogP contribution is 2.34. The highest BCUT2D eigenvalue weighted by molar-refractivity contribution is 7.91. The summed E-state index contributed by atoms with van der Waals surface area (Å²) in [5.41, 5.74) is 0.674. The summed E-state index contributed by atoms with van der Waals surface area (Å²) in [5.74, 6) is 1.26. The molecule has 9 nitrogen and oxygen atoms in total. The zero-order valence-corrected chi connectivity index (χ0v) is 18.7. The summed E-state index contributed by atoms with van der Waals surface area (Å²) in [6, 6.07) is 4.74. The van der Waals surface area contributed by atoms with Gasteiger partial charge in [-0.2, -0.15) is 0 Å². The quantitative estimate of drug-likeness (QED) is 0.715. The SMILES string of the molecule is C[C@@H](C(=O)N(C)[C@H]1CCS(=O)(=O)C1)N1CCC(C(=O)Nc2ccc3c(c2)OCO3)CC1. The lowest BCUT2D eigenvalue weighted by Gasteiger charge is -2.37. The standard InChI is InChI=1S/C21H29N3O6S/c1-14(21(26)23(2)17-7-10-31(27,28)12-17)24-8-5-15(6-9-24)20(25)22-16-3-4-18-19(11-16)30-13-29-18/h3-4,11,14-15,17H,5-10,12-13H2,1-2H3,(H,22,25)/t14-,17-/m0/s1. The Bertz CT molecular complexity index is 958. The van der Waals surface area contributed by atoms with Crippen LogP contribution in [-0.2, 0) is 19.4 Å². The van der Waals surface area contributed by atoms with Crippen LogP contribution in [0.5, 0.6) is 11.5 Å². The van der Waals surface area contributed by atoms with Gasteiger partial charge >= 0.3 is 0 Å². The van der Waals surface area contributed by atoms with Crippen molar-refractivity contribution in [2.24, 2.45) is 5.92 Å². The number of nitrogens with one attached hydrogen (secondary N) is 1. The van der Waals surface area contributed by atoms with E-state index in [1.807, 2.05) is 6.92 Å². The van der Waals surface area contributed by atoms with Crippen molar-refractivity contribution in [1.82, 2.24) is 9.80 Å². The number of anilines is 1. The highest BCUT2D eigenvalue weighted by Gasteiger charge is 2.36. The van der Waals surface area contributed by atoms with Crippen LogP contribution < -0.4 is 14.8 Å². The summed E-state index contributed by atoms with van der Waals surface area (Å²) in [4.78, 5) is 29.2. The third kappa shape index (κ3) is 4.79. The molecule has 1 aromatic carbocycles. The number of rotatable bonds is 5. The molecule has 2 amide bonds. The average Bonchev–Trinajstić information content (AvgIpc) is 3.37. The normalized spacial score (nSPS) is 24.0. The number of likely N-dealkylation sites (tertiary alicyclic amines) is 1. The van der Waals surface area contributed by atoms with Crippen LogP contribution in [0.3, 0.4) is 0 Å². The van der Waals surface area contributed by atoms with E-state index in [4.69, 9.17) is 9.47 Å². The first-order chi connectivity index (χ1) is 14.7. The predicted octanol–water partition coefficient (Wildman–Crippen LogP) is 1.10. The summed E-state index contributed by atoms with van der Waals surface area (Å²) >= 11 is 0. The van der Waals surface area contributed by atoms with E-state index in [-0.39, 0.29) is 48.1 Å². The minimum atomic E-state index is -3.04. The van der Waals surface area contributed by atoms with Crippen molar-refractivity contribution in [3.8, 4) is 11.5 Å². The Labute approximate surface area is 182 Å². The van der Waals surface area contributed by atoms with Gasteiger partial charge in [-0.05, 0) is 51.4 Å². The van der Waals surface area contributed by atoms with Gasteiger partial charge in [-0.3, -0.25) is 14.5 Å². The van der Waals surface area contributed by atoms with E-state index in [2.05, 4.69) is 10.2 Å². The first kappa shape index (κ1) is 21.9. The Balaban J connectivity index is 1.27. The minimum Gasteiger partial charge on any atom is -0.454 e. The lowest BCUT2D eigenvalue weighted by molar-refractivity contribution is -0.137. The number of benzene rings is 1. The number of carbonyl (C=O) groups is 2. The fourth-order valence-electron chi connectivity index (χ4n) is 4.48. The van der Waals surface area contributed by atoms with Crippen LogP contribution in [-0.4, -0.2) is 80.6 Å². The minimum absolute atomic E-state index is 0.0363. The molecule has 3 aliphatic heterocycles. The van der Waals surface area contributed by atoms with E-state index in [0.717, 1.165) is 0 Å². The number of carbonyl (C=O) groups excluding carboxylic acids is 2. The molecular formula is C21H29N3O6S. The molecule has 170 valence electrons. The fourth-order valence-corrected chi connectivity index (χ4v) is 6.25. The second-order valence-corrected chi connectivity index (χ2v) is 10.8. The second kappa shape index (κ2) is 8.66. The maximum Gasteiger partial charge on any atom is 0.239 e. The molecule has 0 spiro atoms. The zero-order chi connectivity index (χ0) is 22.2. The van der Waals surface area contributed by atoms with Crippen molar-refractivity contribution < 1.29 is 27.5 Å². The Kier molecular flexibility index (Phi) is 6.11. The fraction of sp³-hybridized carbons (Fsp3) is 0.619. The van der Waals surface area contributed by atoms with Crippen LogP contribution in [0, 0.1) is 5.92 Å². The molecule has 0 aliphatic carbocycles. The molecule has 0 radical (unpaired) electrons. The van der Waals surface area contributed by atoms with Gasteiger partial charge in [0.2, 0.25) is 18.6 Å². The van der Waals surface area contributed by atoms with Gasteiger partial charge in [-0.15, -0.1) is 0 Å². The van der Waals surface area contributed by atoms with Crippen molar-refractivity contribution in [3.05, 3.63) is 18.2 Å². The van der Waals surface area contributed by atoms with Gasteiger partial charge in [0.05, 0.1) is 17.5 Å². The number of ether oxygens (including phenoxy) is 2. The third-order valence-corrected chi connectivity index (χ3v) is 8.30. The van der Waals surface area contributed by atoms with Gasteiger partial charge in [-0.1, -0.05) is 0 Å². The Morgan fingerprint density at radius 2 is 1.87 bits per heavy atom. The maximum atomic E-state index is 12.9. The topological polar surface area (TPSA) is 105 Å². The lowest BCUT2D eigenvalue weighted by atomic mass is 9.94. The average molecular weight is 452 g/mol. The second-order valence-electron chi connectivity index (χ2n) is 8.55. The third-order valence-electron chi connectivity index (χ3n) is 6.55. The van der Waals surface area contributed by atoms with Gasteiger partial charge < -0.3 is 19.7 Å². The Morgan fingerprint density at radius 3 is 2.55 bits per heavy atom. The molecule has 1 aromatic rings. The van der Waals surface area contributed by atoms with Crippen molar-refractivity contribution in [2.75, 3.05) is 43.8 Å². The summed E-state index contributed by atoms with van der Waals surface area (Å²) in [6.45, 7) is 3.33. The van der Waals surface area contributed by atoms with Crippen molar-refractivity contribution in [1.29, 1.82) is 0 Å². The van der Waals surface area contributed by atoms with Gasteiger partial charge in [0.25, 0.3) is 0 Å². The molecule has 31 heavy (non-hydrogen) atoms. The van der Waals surface area contributed by atoms with Gasteiger partial charge in [-0.25, -0.2) is 8.42 Å². The molecule has 1 N–H and O–H groups in total. The molecule has 2 atom stereocenters. The monoisotopic (exact) mass is 451 g/mol. The number of nitrogens with zero attached hydrogens (tertiary/aromatic N) is 2. The van der Waals surface area contributed by atoms with Gasteiger partial charge in [0.15, 0.2) is 21.3 Å². The van der Waals surface area contributed by atoms with E-state index in [1.165, 1.54) is 0 Å². The zero-order valence-electron chi connectivity index (χ0n) is 17.9. The molecule has 2 saturated heterocycles. The van der Waals surface area contributed by atoms with Crippen molar-refractivity contribution in [2.45, 2.75) is 38.3 Å². The highest BCUT2D eigenvalue weighted by atomic mass is 32.2. The van der Waals surface area contributed by atoms with Gasteiger partial charge in [0.1, 0.15) is 0 Å². The molecule has 2 fully saturated rings. The van der Waals surface area contributed by atoms with Crippen LogP contribution in [0.4, 0.5) is 5.69 Å². The maximum absolute atomic E-state index is 12.9. The summed E-state index contributed by atoms with van der Waals surface area (Å²) in [5, 5.41) is 2.95. The molecule has 0 bridgehead atoms. The molecule has 3 heterocycles. The van der Waals surface area contributed by atoms with Crippen LogP contribution in [0.25, 0.3) is 0 Å². The van der Waals surface area contributed by atoms with Gasteiger partial charge in [0, 0.05) is 30.8 Å². The summed E-state index contributed by atoms with van der Waals surface area (Å²) < 4.78 is 34.1. The lowest BCUT2D eigenvalue weighted by Crippen LogP contribution is -2.52. The Morgan fingerprint density at radius 1 is 1.16 bits per heavy atom. The van der Waals surface area contributed by atoms with Crippen LogP contribution in [0.1, 0.15) is 26.2 Å². The van der Waals surface area contributed by atoms with E-state index in [0.29, 0.717) is 49.5 Å². The van der Waals surface area contributed by atoms with Crippen molar-refractivity contribution in [3.63, 3.8) is 0 Å². The molecule has 3 aliphatic rings. The van der Waals surface area contributed by atoms with Crippen molar-refractivity contribution >= 4 is 27.3 Å². The van der Waals surface area contributed by atoms with E-state index in [1.54, 1.807) is 30.1 Å². The first-order valence-corrected chi connectivity index (χ1v) is 12.5. The number of piperidine rings is 1. The van der Waals surface area contributed by atoms with E-state index < -0.39 is 9.84 Å². The predicted molar refractivity (Wildman–Crippen MR) is 115 cm³/mol. The number of likely N-dealkylation sites (N-methyl/N-ethyl adjacent to an activating group) is 1. The first-order valence-electron chi connectivity index (χ1n) is 10.6. The molecule has 0 unspecified atom stereocenters. The van der Waals surface area contributed by atoms with E-state index >= 15 is 0 Å². The Hall–Kier alpha value is -2.33. The van der Waals surface area contributed by atoms with Crippen LogP contribution in [0.2, 0.25) is 0 Å². The van der Waals surface area contributed by atoms with Crippen LogP contribution in [0.15, 0.2) is 18.2 Å². The van der Waals surface area contributed by atoms with Crippen LogP contribution >= 0.6 is 0 Å². The molecule has 4 rings (SSSR count). The molecule has 0 saturated carbocycles. The number of amides is 2. The van der Waals surface area contributed by atoms with E-state index in [9.17, 15) is 18.0 Å². The molecule has 10 heteroatoms. The summed E-state index contributed by atoms with van der Waals surface area (Å²) in [6.07, 6.45) is 1.82. The number of sulfone groups is 1. The number of fused-ring (bicyclic) bond motifs is 1. The smallest absolute Gasteiger partial charge is 0.239 e.